The molecule has 0 atom stereocenters. The fourth-order valence-corrected chi connectivity index (χ4v) is 2.48. The Morgan fingerprint density at radius 1 is 1.13 bits per heavy atom. The SMILES string of the molecule is N#Cc1c(-c2ccccc2)nc(NN=Cc2cc(C(F)(F)F)c(F)cc2F)[nH]c1=O. The van der Waals surface area contributed by atoms with Crippen molar-refractivity contribution in [1.29, 1.82) is 5.26 Å². The Labute approximate surface area is 165 Å². The van der Waals surface area contributed by atoms with Crippen LogP contribution in [-0.2, 0) is 6.18 Å². The number of halogens is 5. The van der Waals surface area contributed by atoms with Crippen molar-refractivity contribution in [3.8, 4) is 17.3 Å². The van der Waals surface area contributed by atoms with Gasteiger partial charge in [0, 0.05) is 17.2 Å². The quantitative estimate of drug-likeness (QED) is 0.379. The van der Waals surface area contributed by atoms with Gasteiger partial charge in [0.2, 0.25) is 5.95 Å². The van der Waals surface area contributed by atoms with Crippen molar-refractivity contribution in [2.45, 2.75) is 6.18 Å². The second-order valence-corrected chi connectivity index (χ2v) is 5.84. The van der Waals surface area contributed by atoms with Crippen molar-refractivity contribution in [3.63, 3.8) is 0 Å². The van der Waals surface area contributed by atoms with Crippen molar-refractivity contribution < 1.29 is 22.0 Å². The van der Waals surface area contributed by atoms with Crippen LogP contribution in [0.3, 0.4) is 0 Å². The monoisotopic (exact) mass is 419 g/mol. The van der Waals surface area contributed by atoms with E-state index in [2.05, 4.69) is 20.5 Å². The molecule has 0 aliphatic rings. The summed E-state index contributed by atoms with van der Waals surface area (Å²) in [6.45, 7) is 0. The fourth-order valence-electron chi connectivity index (χ4n) is 2.48. The minimum absolute atomic E-state index is 0.0480. The third-order valence-corrected chi connectivity index (χ3v) is 3.84. The molecule has 6 nitrogen and oxygen atoms in total. The molecule has 0 saturated carbocycles. The molecule has 3 aromatic rings. The average molecular weight is 419 g/mol. The summed E-state index contributed by atoms with van der Waals surface area (Å²) in [5.74, 6) is -3.26. The number of hydrazone groups is 1. The van der Waals surface area contributed by atoms with Crippen molar-refractivity contribution >= 4 is 12.2 Å². The molecule has 0 spiro atoms. The van der Waals surface area contributed by atoms with Gasteiger partial charge in [-0.25, -0.2) is 19.2 Å². The van der Waals surface area contributed by atoms with Crippen LogP contribution in [-0.4, -0.2) is 16.2 Å². The third-order valence-electron chi connectivity index (χ3n) is 3.84. The molecule has 30 heavy (non-hydrogen) atoms. The van der Waals surface area contributed by atoms with Crippen LogP contribution < -0.4 is 11.0 Å². The van der Waals surface area contributed by atoms with Gasteiger partial charge in [-0.15, -0.1) is 0 Å². The van der Waals surface area contributed by atoms with Gasteiger partial charge < -0.3 is 0 Å². The van der Waals surface area contributed by atoms with E-state index in [1.54, 1.807) is 36.4 Å². The zero-order chi connectivity index (χ0) is 21.9. The largest absolute Gasteiger partial charge is 0.419 e. The van der Waals surface area contributed by atoms with E-state index < -0.39 is 34.5 Å². The molecule has 2 aromatic carbocycles. The predicted molar refractivity (Wildman–Crippen MR) is 97.6 cm³/mol. The zero-order valence-corrected chi connectivity index (χ0v) is 14.8. The molecular formula is C19H10F5N5O. The topological polar surface area (TPSA) is 93.9 Å². The lowest BCUT2D eigenvalue weighted by Crippen LogP contribution is -2.16. The maximum Gasteiger partial charge on any atom is 0.419 e. The molecule has 0 bridgehead atoms. The van der Waals surface area contributed by atoms with Gasteiger partial charge in [-0.1, -0.05) is 30.3 Å². The van der Waals surface area contributed by atoms with Crippen LogP contribution in [0.15, 0.2) is 52.4 Å². The van der Waals surface area contributed by atoms with E-state index in [1.807, 2.05) is 0 Å². The smallest absolute Gasteiger partial charge is 0.290 e. The Balaban J connectivity index is 1.94. The lowest BCUT2D eigenvalue weighted by Gasteiger charge is -2.09. The maximum atomic E-state index is 13.8. The number of nitrogens with one attached hydrogen (secondary N) is 2. The number of aromatic amines is 1. The number of anilines is 1. The summed E-state index contributed by atoms with van der Waals surface area (Å²) in [5.41, 5.74) is -0.570. The van der Waals surface area contributed by atoms with Crippen LogP contribution in [0.5, 0.6) is 0 Å². The van der Waals surface area contributed by atoms with Crippen LogP contribution in [0.1, 0.15) is 16.7 Å². The lowest BCUT2D eigenvalue weighted by atomic mass is 10.1. The van der Waals surface area contributed by atoms with Crippen LogP contribution >= 0.6 is 0 Å². The zero-order valence-electron chi connectivity index (χ0n) is 14.8. The van der Waals surface area contributed by atoms with E-state index in [-0.39, 0.29) is 29.3 Å². The lowest BCUT2D eigenvalue weighted by molar-refractivity contribution is -0.140. The van der Waals surface area contributed by atoms with E-state index in [0.717, 1.165) is 0 Å². The van der Waals surface area contributed by atoms with Gasteiger partial charge in [-0.05, 0) is 6.07 Å². The highest BCUT2D eigenvalue weighted by Crippen LogP contribution is 2.32. The number of H-pyrrole nitrogens is 1. The summed E-state index contributed by atoms with van der Waals surface area (Å²) >= 11 is 0. The Morgan fingerprint density at radius 3 is 2.47 bits per heavy atom. The molecule has 1 aromatic heterocycles. The van der Waals surface area contributed by atoms with Gasteiger partial charge in [0.05, 0.1) is 17.5 Å². The average Bonchev–Trinajstić information content (AvgIpc) is 2.69. The first kappa shape index (κ1) is 20.7. The van der Waals surface area contributed by atoms with Crippen molar-refractivity contribution in [3.05, 3.63) is 81.1 Å². The van der Waals surface area contributed by atoms with E-state index in [1.165, 1.54) is 0 Å². The minimum atomic E-state index is -5.02. The van der Waals surface area contributed by atoms with Crippen LogP contribution in [0.2, 0.25) is 0 Å². The number of rotatable bonds is 4. The maximum absolute atomic E-state index is 13.8. The summed E-state index contributed by atoms with van der Waals surface area (Å²) in [6.07, 6.45) is -4.34. The Hall–Kier alpha value is -4.07. The van der Waals surface area contributed by atoms with E-state index in [9.17, 15) is 32.0 Å². The number of hydrogen-bond acceptors (Lipinski definition) is 5. The first-order chi connectivity index (χ1) is 14.2. The first-order valence-corrected chi connectivity index (χ1v) is 8.16. The molecule has 0 radical (unpaired) electrons. The number of nitriles is 1. The number of benzene rings is 2. The van der Waals surface area contributed by atoms with E-state index >= 15 is 0 Å². The van der Waals surface area contributed by atoms with Gasteiger partial charge >= 0.3 is 6.18 Å². The Bertz CT molecular complexity index is 1210. The molecule has 0 saturated heterocycles. The summed E-state index contributed by atoms with van der Waals surface area (Å²) in [7, 11) is 0. The summed E-state index contributed by atoms with van der Waals surface area (Å²) < 4.78 is 65.4. The number of nitrogens with zero attached hydrogens (tertiary/aromatic N) is 3. The van der Waals surface area contributed by atoms with Gasteiger partial charge in [-0.2, -0.15) is 23.5 Å². The van der Waals surface area contributed by atoms with Gasteiger partial charge in [-0.3, -0.25) is 9.78 Å². The fraction of sp³-hybridized carbons (Fsp3) is 0.0526. The van der Waals surface area contributed by atoms with Gasteiger partial charge in [0.15, 0.2) is 0 Å². The standard InChI is InChI=1S/C19H10F5N5O/c20-14-7-15(21)13(19(22,23)24)6-11(14)9-26-29-18-27-16(10-4-2-1-3-5-10)12(8-25)17(30)28-18/h1-7,9H,(H2,27,28,29,30). The highest BCUT2D eigenvalue weighted by atomic mass is 19.4. The van der Waals surface area contributed by atoms with Gasteiger partial charge in [0.25, 0.3) is 5.56 Å². The van der Waals surface area contributed by atoms with E-state index in [4.69, 9.17) is 0 Å². The van der Waals surface area contributed by atoms with Crippen molar-refractivity contribution in [2.75, 3.05) is 5.43 Å². The molecule has 0 unspecified atom stereocenters. The second-order valence-electron chi connectivity index (χ2n) is 5.84. The number of alkyl halides is 3. The second kappa shape index (κ2) is 8.12. The Morgan fingerprint density at radius 2 is 1.83 bits per heavy atom. The first-order valence-electron chi connectivity index (χ1n) is 8.16. The van der Waals surface area contributed by atoms with Crippen LogP contribution in [0, 0.1) is 23.0 Å². The molecule has 11 heteroatoms. The van der Waals surface area contributed by atoms with Crippen LogP contribution in [0.4, 0.5) is 27.9 Å². The summed E-state index contributed by atoms with van der Waals surface area (Å²) in [4.78, 5) is 18.4. The molecule has 2 N–H and O–H groups in total. The van der Waals surface area contributed by atoms with Crippen molar-refractivity contribution in [2.24, 2.45) is 5.10 Å². The molecule has 0 fully saturated rings. The molecule has 152 valence electrons. The Kier molecular flexibility index (Phi) is 5.59. The molecule has 0 aliphatic carbocycles. The molecule has 1 heterocycles. The van der Waals surface area contributed by atoms with Crippen molar-refractivity contribution in [1.82, 2.24) is 9.97 Å². The van der Waals surface area contributed by atoms with Crippen LogP contribution in [0.25, 0.3) is 11.3 Å². The summed E-state index contributed by atoms with van der Waals surface area (Å²) in [5, 5.41) is 12.7. The minimum Gasteiger partial charge on any atom is -0.290 e. The highest BCUT2D eigenvalue weighted by Gasteiger charge is 2.34. The van der Waals surface area contributed by atoms with Gasteiger partial charge in [0.1, 0.15) is 23.3 Å². The van der Waals surface area contributed by atoms with E-state index in [0.29, 0.717) is 11.8 Å². The number of hydrogen-bond donors (Lipinski definition) is 2. The predicted octanol–water partition coefficient (Wildman–Crippen LogP) is 4.05. The molecular weight excluding hydrogens is 409 g/mol. The molecule has 0 aliphatic heterocycles. The molecule has 0 amide bonds. The normalized spacial score (nSPS) is 11.5. The highest BCUT2D eigenvalue weighted by molar-refractivity contribution is 5.81. The third kappa shape index (κ3) is 4.33. The molecule has 3 rings (SSSR count). The number of aromatic nitrogens is 2. The summed E-state index contributed by atoms with van der Waals surface area (Å²) in [6, 6.07) is 10.4.